The molecule has 4 nitrogen and oxygen atoms in total. The Morgan fingerprint density at radius 3 is 2.38 bits per heavy atom. The van der Waals surface area contributed by atoms with Crippen molar-refractivity contribution in [2.45, 2.75) is 37.6 Å². The molecule has 1 aliphatic rings. The fourth-order valence-electron chi connectivity index (χ4n) is 2.76. The summed E-state index contributed by atoms with van der Waals surface area (Å²) < 4.78 is 28.4. The van der Waals surface area contributed by atoms with Crippen LogP contribution in [-0.4, -0.2) is 14.2 Å². The summed E-state index contributed by atoms with van der Waals surface area (Å²) in [6.45, 7) is 3.44. The van der Waals surface area contributed by atoms with E-state index in [0.29, 0.717) is 11.5 Å². The molecule has 2 aromatic carbocycles. The molecule has 0 saturated heterocycles. The molecule has 0 unspecified atom stereocenters. The highest BCUT2D eigenvalue weighted by atomic mass is 32.2. The average Bonchev–Trinajstić information content (AvgIpc) is 3.38. The summed E-state index contributed by atoms with van der Waals surface area (Å²) in [5.74, 6) is 0.183. The number of ketones is 1. The maximum atomic E-state index is 12.8. The minimum Gasteiger partial charge on any atom is -0.295 e. The molecule has 5 heteroatoms. The zero-order chi connectivity index (χ0) is 17.3. The first-order valence-electron chi connectivity index (χ1n) is 8.07. The molecule has 1 aliphatic carbocycles. The Labute approximate surface area is 143 Å². The Kier molecular flexibility index (Phi) is 4.56. The second-order valence-electron chi connectivity index (χ2n) is 6.43. The zero-order valence-electron chi connectivity index (χ0n) is 13.8. The average molecular weight is 343 g/mol. The molecule has 1 saturated carbocycles. The summed E-state index contributed by atoms with van der Waals surface area (Å²) in [7, 11) is -3.68. The molecule has 3 rings (SSSR count). The molecule has 0 spiro atoms. The van der Waals surface area contributed by atoms with Crippen molar-refractivity contribution >= 4 is 15.8 Å². The lowest BCUT2D eigenvalue weighted by Crippen LogP contribution is -2.30. The van der Waals surface area contributed by atoms with Crippen molar-refractivity contribution in [2.75, 3.05) is 0 Å². The molecule has 0 bridgehead atoms. The summed E-state index contributed by atoms with van der Waals surface area (Å²) in [5.41, 5.74) is 2.52. The van der Waals surface area contributed by atoms with Gasteiger partial charge in [-0.2, -0.15) is 0 Å². The summed E-state index contributed by atoms with van der Waals surface area (Å²) in [6, 6.07) is 13.9. The van der Waals surface area contributed by atoms with E-state index in [-0.39, 0.29) is 16.7 Å². The monoisotopic (exact) mass is 343 g/mol. The lowest BCUT2D eigenvalue weighted by Gasteiger charge is -2.19. The van der Waals surface area contributed by atoms with Gasteiger partial charge < -0.3 is 0 Å². The molecule has 2 aromatic rings. The van der Waals surface area contributed by atoms with Gasteiger partial charge in [0, 0.05) is 11.6 Å². The van der Waals surface area contributed by atoms with Crippen molar-refractivity contribution in [1.29, 1.82) is 0 Å². The molecule has 0 aromatic heterocycles. The Hall–Kier alpha value is -1.98. The van der Waals surface area contributed by atoms with Gasteiger partial charge in [-0.25, -0.2) is 13.1 Å². The number of aryl methyl sites for hydroxylation is 1. The first-order chi connectivity index (χ1) is 11.4. The minimum absolute atomic E-state index is 0.132. The molecule has 0 heterocycles. The van der Waals surface area contributed by atoms with Gasteiger partial charge in [0.2, 0.25) is 10.0 Å². The number of sulfonamides is 1. The van der Waals surface area contributed by atoms with Crippen molar-refractivity contribution in [3.63, 3.8) is 0 Å². The third kappa shape index (κ3) is 3.74. The zero-order valence-corrected chi connectivity index (χ0v) is 14.6. The van der Waals surface area contributed by atoms with Crippen molar-refractivity contribution in [2.24, 2.45) is 5.92 Å². The summed E-state index contributed by atoms with van der Waals surface area (Å²) in [6.07, 6.45) is 2.04. The van der Waals surface area contributed by atoms with Gasteiger partial charge >= 0.3 is 0 Å². The maximum Gasteiger partial charge on any atom is 0.241 e. The standard InChI is InChI=1S/C19H21NO3S/c1-13-6-8-15(9-7-13)19(16-10-11-16)20-24(22,23)18-5-3-4-17(12-18)14(2)21/h3-9,12,16,19-20H,10-11H2,1-2H3/t19-/m0/s1. The van der Waals surface area contributed by atoms with E-state index < -0.39 is 10.0 Å². The minimum atomic E-state index is -3.68. The van der Waals surface area contributed by atoms with Crippen molar-refractivity contribution in [3.05, 3.63) is 65.2 Å². The number of hydrogen-bond acceptors (Lipinski definition) is 3. The van der Waals surface area contributed by atoms with Crippen molar-refractivity contribution in [3.8, 4) is 0 Å². The number of benzene rings is 2. The number of Topliss-reactive ketones (excluding diaryl/α,β-unsaturated/α-hetero) is 1. The highest BCUT2D eigenvalue weighted by molar-refractivity contribution is 7.89. The second kappa shape index (κ2) is 6.49. The fourth-order valence-corrected chi connectivity index (χ4v) is 4.10. The van der Waals surface area contributed by atoms with Crippen LogP contribution >= 0.6 is 0 Å². The highest BCUT2D eigenvalue weighted by Gasteiger charge is 2.35. The van der Waals surface area contributed by atoms with E-state index in [2.05, 4.69) is 4.72 Å². The third-order valence-corrected chi connectivity index (χ3v) is 5.80. The quantitative estimate of drug-likeness (QED) is 0.815. The van der Waals surface area contributed by atoms with Gasteiger partial charge in [-0.15, -0.1) is 0 Å². The number of hydrogen-bond donors (Lipinski definition) is 1. The highest BCUT2D eigenvalue weighted by Crippen LogP contribution is 2.41. The molecule has 0 amide bonds. The van der Waals surface area contributed by atoms with Gasteiger partial charge in [-0.1, -0.05) is 42.0 Å². The van der Waals surface area contributed by atoms with Crippen LogP contribution in [0.1, 0.15) is 47.3 Å². The van der Waals surface area contributed by atoms with E-state index in [1.54, 1.807) is 12.1 Å². The lowest BCUT2D eigenvalue weighted by atomic mass is 10.0. The normalized spacial score (nSPS) is 15.9. The van der Waals surface area contributed by atoms with Gasteiger partial charge in [-0.3, -0.25) is 4.79 Å². The van der Waals surface area contributed by atoms with Gasteiger partial charge in [0.15, 0.2) is 5.78 Å². The largest absolute Gasteiger partial charge is 0.295 e. The van der Waals surface area contributed by atoms with Crippen LogP contribution < -0.4 is 4.72 Å². The van der Waals surface area contributed by atoms with Gasteiger partial charge in [0.25, 0.3) is 0 Å². The van der Waals surface area contributed by atoms with E-state index in [1.807, 2.05) is 31.2 Å². The number of carbonyl (C=O) groups is 1. The van der Waals surface area contributed by atoms with E-state index in [4.69, 9.17) is 0 Å². The van der Waals surface area contributed by atoms with E-state index in [0.717, 1.165) is 24.0 Å². The fraction of sp³-hybridized carbons (Fsp3) is 0.316. The molecule has 1 atom stereocenters. The Bertz CT molecular complexity index is 852. The van der Waals surface area contributed by atoms with Crippen LogP contribution in [-0.2, 0) is 10.0 Å². The number of nitrogens with one attached hydrogen (secondary N) is 1. The number of rotatable bonds is 6. The van der Waals surface area contributed by atoms with E-state index in [1.165, 1.54) is 19.1 Å². The predicted octanol–water partition coefficient (Wildman–Crippen LogP) is 3.63. The first-order valence-corrected chi connectivity index (χ1v) is 9.55. The SMILES string of the molecule is CC(=O)c1cccc(S(=O)(=O)N[C@@H](c2ccc(C)cc2)C2CC2)c1. The van der Waals surface area contributed by atoms with Crippen molar-refractivity contribution < 1.29 is 13.2 Å². The third-order valence-electron chi connectivity index (χ3n) is 4.36. The smallest absolute Gasteiger partial charge is 0.241 e. The van der Waals surface area contributed by atoms with E-state index >= 15 is 0 Å². The Balaban J connectivity index is 1.90. The predicted molar refractivity (Wildman–Crippen MR) is 93.4 cm³/mol. The Morgan fingerprint density at radius 1 is 1.12 bits per heavy atom. The van der Waals surface area contributed by atoms with Crippen LogP contribution in [0.3, 0.4) is 0 Å². The van der Waals surface area contributed by atoms with Crippen LogP contribution in [0.2, 0.25) is 0 Å². The lowest BCUT2D eigenvalue weighted by molar-refractivity contribution is 0.101. The van der Waals surface area contributed by atoms with Crippen LogP contribution in [0.15, 0.2) is 53.4 Å². The van der Waals surface area contributed by atoms with E-state index in [9.17, 15) is 13.2 Å². The van der Waals surface area contributed by atoms with Gasteiger partial charge in [-0.05, 0) is 50.3 Å². The molecule has 0 radical (unpaired) electrons. The molecule has 0 aliphatic heterocycles. The second-order valence-corrected chi connectivity index (χ2v) is 8.15. The first kappa shape index (κ1) is 16.9. The maximum absolute atomic E-state index is 12.8. The van der Waals surface area contributed by atoms with Crippen LogP contribution in [0, 0.1) is 12.8 Å². The molecular weight excluding hydrogens is 322 g/mol. The van der Waals surface area contributed by atoms with Crippen molar-refractivity contribution in [1.82, 2.24) is 4.72 Å². The van der Waals surface area contributed by atoms with Gasteiger partial charge in [0.1, 0.15) is 0 Å². The Morgan fingerprint density at radius 2 is 1.79 bits per heavy atom. The molecule has 1 N–H and O–H groups in total. The van der Waals surface area contributed by atoms with Gasteiger partial charge in [0.05, 0.1) is 4.90 Å². The van der Waals surface area contributed by atoms with Crippen LogP contribution in [0.5, 0.6) is 0 Å². The summed E-state index contributed by atoms with van der Waals surface area (Å²) in [5, 5.41) is 0. The summed E-state index contributed by atoms with van der Waals surface area (Å²) >= 11 is 0. The summed E-state index contributed by atoms with van der Waals surface area (Å²) in [4.78, 5) is 11.6. The molecule has 126 valence electrons. The van der Waals surface area contributed by atoms with Crippen LogP contribution in [0.25, 0.3) is 0 Å². The molecular formula is C19H21NO3S. The molecule has 24 heavy (non-hydrogen) atoms. The van der Waals surface area contributed by atoms with Crippen LogP contribution in [0.4, 0.5) is 0 Å². The molecule has 1 fully saturated rings. The number of carbonyl (C=O) groups excluding carboxylic acids is 1. The topological polar surface area (TPSA) is 63.2 Å².